The molecule has 0 bridgehead atoms. The van der Waals surface area contributed by atoms with Gasteiger partial charge in [-0.15, -0.1) is 0 Å². The van der Waals surface area contributed by atoms with Crippen molar-refractivity contribution in [2.75, 3.05) is 6.61 Å². The SMILES string of the molecule is Cc1cc(OC(C)(C)CO)ccc1Cl. The molecule has 0 atom stereocenters. The van der Waals surface area contributed by atoms with E-state index >= 15 is 0 Å². The van der Waals surface area contributed by atoms with E-state index in [9.17, 15) is 0 Å². The Kier molecular flexibility index (Phi) is 3.40. The zero-order valence-electron chi connectivity index (χ0n) is 8.67. The van der Waals surface area contributed by atoms with Gasteiger partial charge in [0.25, 0.3) is 0 Å². The third kappa shape index (κ3) is 2.89. The van der Waals surface area contributed by atoms with Crippen LogP contribution in [0.25, 0.3) is 0 Å². The second-order valence-corrected chi connectivity index (χ2v) is 4.34. The Morgan fingerprint density at radius 1 is 1.43 bits per heavy atom. The number of aliphatic hydroxyl groups excluding tert-OH is 1. The maximum absolute atomic E-state index is 9.03. The second-order valence-electron chi connectivity index (χ2n) is 3.93. The molecule has 0 aliphatic rings. The lowest BCUT2D eigenvalue weighted by atomic mass is 10.1. The summed E-state index contributed by atoms with van der Waals surface area (Å²) in [6.45, 7) is 5.56. The summed E-state index contributed by atoms with van der Waals surface area (Å²) in [5.41, 5.74) is 0.415. The molecule has 1 rings (SSSR count). The van der Waals surface area contributed by atoms with Crippen LogP contribution in [-0.2, 0) is 0 Å². The van der Waals surface area contributed by atoms with Gasteiger partial charge in [-0.3, -0.25) is 0 Å². The van der Waals surface area contributed by atoms with Crippen LogP contribution in [0.3, 0.4) is 0 Å². The highest BCUT2D eigenvalue weighted by atomic mass is 35.5. The minimum Gasteiger partial charge on any atom is -0.485 e. The normalized spacial score (nSPS) is 11.5. The average Bonchev–Trinajstić information content (AvgIpc) is 2.11. The molecular weight excluding hydrogens is 200 g/mol. The Labute approximate surface area is 89.5 Å². The largest absolute Gasteiger partial charge is 0.485 e. The highest BCUT2D eigenvalue weighted by Gasteiger charge is 2.18. The first-order valence-corrected chi connectivity index (χ1v) is 4.88. The summed E-state index contributed by atoms with van der Waals surface area (Å²) in [6.07, 6.45) is 0. The van der Waals surface area contributed by atoms with Gasteiger partial charge in [-0.1, -0.05) is 11.6 Å². The molecule has 0 spiro atoms. The van der Waals surface area contributed by atoms with E-state index < -0.39 is 5.60 Å². The second kappa shape index (κ2) is 4.20. The van der Waals surface area contributed by atoms with Crippen LogP contribution in [-0.4, -0.2) is 17.3 Å². The van der Waals surface area contributed by atoms with Gasteiger partial charge in [-0.25, -0.2) is 0 Å². The fourth-order valence-corrected chi connectivity index (χ4v) is 1.15. The average molecular weight is 215 g/mol. The summed E-state index contributed by atoms with van der Waals surface area (Å²) in [4.78, 5) is 0. The molecule has 1 N–H and O–H groups in total. The van der Waals surface area contributed by atoms with Crippen LogP contribution in [0.2, 0.25) is 5.02 Å². The lowest BCUT2D eigenvalue weighted by Crippen LogP contribution is -2.32. The highest BCUT2D eigenvalue weighted by molar-refractivity contribution is 6.31. The van der Waals surface area contributed by atoms with Crippen LogP contribution in [0.15, 0.2) is 18.2 Å². The smallest absolute Gasteiger partial charge is 0.126 e. The van der Waals surface area contributed by atoms with Crippen molar-refractivity contribution in [2.45, 2.75) is 26.4 Å². The zero-order chi connectivity index (χ0) is 10.8. The number of aryl methyl sites for hydroxylation is 1. The van der Waals surface area contributed by atoms with E-state index in [0.717, 1.165) is 16.3 Å². The predicted octanol–water partition coefficient (Wildman–Crippen LogP) is 2.80. The molecule has 2 nitrogen and oxygen atoms in total. The van der Waals surface area contributed by atoms with E-state index in [1.165, 1.54) is 0 Å². The van der Waals surface area contributed by atoms with Gasteiger partial charge in [0.2, 0.25) is 0 Å². The maximum Gasteiger partial charge on any atom is 0.126 e. The molecule has 0 unspecified atom stereocenters. The van der Waals surface area contributed by atoms with E-state index in [0.29, 0.717) is 0 Å². The number of aliphatic hydroxyl groups is 1. The summed E-state index contributed by atoms with van der Waals surface area (Å²) < 4.78 is 5.58. The molecule has 0 aliphatic carbocycles. The molecule has 0 saturated heterocycles. The number of rotatable bonds is 3. The first kappa shape index (κ1) is 11.3. The number of hydrogen-bond donors (Lipinski definition) is 1. The Balaban J connectivity index is 2.83. The van der Waals surface area contributed by atoms with Crippen molar-refractivity contribution in [1.29, 1.82) is 0 Å². The standard InChI is InChI=1S/C11H15ClO2/c1-8-6-9(4-5-10(8)12)14-11(2,3)7-13/h4-6,13H,7H2,1-3H3. The third-order valence-corrected chi connectivity index (χ3v) is 2.33. The van der Waals surface area contributed by atoms with Gasteiger partial charge in [0.15, 0.2) is 0 Å². The highest BCUT2D eigenvalue weighted by Crippen LogP contribution is 2.24. The minimum absolute atomic E-state index is 0.0192. The van der Waals surface area contributed by atoms with E-state index in [1.54, 1.807) is 12.1 Å². The number of ether oxygens (including phenoxy) is 1. The van der Waals surface area contributed by atoms with Crippen LogP contribution in [0.1, 0.15) is 19.4 Å². The zero-order valence-corrected chi connectivity index (χ0v) is 9.43. The summed E-state index contributed by atoms with van der Waals surface area (Å²) in [7, 11) is 0. The molecule has 0 aliphatic heterocycles. The van der Waals surface area contributed by atoms with Gasteiger partial charge in [-0.2, -0.15) is 0 Å². The Bertz CT molecular complexity index is 321. The Morgan fingerprint density at radius 2 is 2.07 bits per heavy atom. The molecule has 0 amide bonds. The molecule has 78 valence electrons. The van der Waals surface area contributed by atoms with Crippen LogP contribution in [0.4, 0.5) is 0 Å². The fourth-order valence-electron chi connectivity index (χ4n) is 1.03. The predicted molar refractivity (Wildman–Crippen MR) is 58.0 cm³/mol. The van der Waals surface area contributed by atoms with Crippen molar-refractivity contribution in [2.24, 2.45) is 0 Å². The summed E-state index contributed by atoms with van der Waals surface area (Å²) >= 11 is 5.88. The Hall–Kier alpha value is -0.730. The van der Waals surface area contributed by atoms with E-state index in [1.807, 2.05) is 26.8 Å². The van der Waals surface area contributed by atoms with E-state index in [2.05, 4.69) is 0 Å². The summed E-state index contributed by atoms with van der Waals surface area (Å²) in [5.74, 6) is 0.728. The first-order valence-electron chi connectivity index (χ1n) is 4.51. The maximum atomic E-state index is 9.03. The first-order chi connectivity index (χ1) is 6.44. The molecule has 3 heteroatoms. The lowest BCUT2D eigenvalue weighted by Gasteiger charge is -2.24. The van der Waals surface area contributed by atoms with Gasteiger partial charge < -0.3 is 9.84 Å². The third-order valence-electron chi connectivity index (χ3n) is 1.90. The van der Waals surface area contributed by atoms with Crippen molar-refractivity contribution in [3.05, 3.63) is 28.8 Å². The van der Waals surface area contributed by atoms with Crippen molar-refractivity contribution >= 4 is 11.6 Å². The molecule has 0 radical (unpaired) electrons. The molecule has 1 aromatic rings. The van der Waals surface area contributed by atoms with Crippen LogP contribution in [0.5, 0.6) is 5.75 Å². The van der Waals surface area contributed by atoms with Gasteiger partial charge in [-0.05, 0) is 44.5 Å². The van der Waals surface area contributed by atoms with Crippen molar-refractivity contribution < 1.29 is 9.84 Å². The molecular formula is C11H15ClO2. The van der Waals surface area contributed by atoms with Crippen molar-refractivity contribution in [3.8, 4) is 5.75 Å². The summed E-state index contributed by atoms with van der Waals surface area (Å²) in [5, 5.41) is 9.75. The summed E-state index contributed by atoms with van der Waals surface area (Å²) in [6, 6.07) is 5.45. The van der Waals surface area contributed by atoms with E-state index in [-0.39, 0.29) is 6.61 Å². The molecule has 0 aromatic heterocycles. The van der Waals surface area contributed by atoms with Crippen LogP contribution >= 0.6 is 11.6 Å². The van der Waals surface area contributed by atoms with Crippen LogP contribution < -0.4 is 4.74 Å². The topological polar surface area (TPSA) is 29.5 Å². The fraction of sp³-hybridized carbons (Fsp3) is 0.455. The van der Waals surface area contributed by atoms with Crippen molar-refractivity contribution in [1.82, 2.24) is 0 Å². The van der Waals surface area contributed by atoms with Gasteiger partial charge >= 0.3 is 0 Å². The molecule has 0 heterocycles. The monoisotopic (exact) mass is 214 g/mol. The van der Waals surface area contributed by atoms with Crippen LogP contribution in [0, 0.1) is 6.92 Å². The van der Waals surface area contributed by atoms with Crippen molar-refractivity contribution in [3.63, 3.8) is 0 Å². The Morgan fingerprint density at radius 3 is 2.57 bits per heavy atom. The molecule has 0 saturated carbocycles. The minimum atomic E-state index is -0.555. The molecule has 1 aromatic carbocycles. The van der Waals surface area contributed by atoms with E-state index in [4.69, 9.17) is 21.4 Å². The van der Waals surface area contributed by atoms with Gasteiger partial charge in [0, 0.05) is 5.02 Å². The number of hydrogen-bond acceptors (Lipinski definition) is 2. The molecule has 0 fully saturated rings. The van der Waals surface area contributed by atoms with Gasteiger partial charge in [0.05, 0.1) is 6.61 Å². The number of benzene rings is 1. The van der Waals surface area contributed by atoms with Gasteiger partial charge in [0.1, 0.15) is 11.4 Å². The molecule has 14 heavy (non-hydrogen) atoms. The number of halogens is 1. The lowest BCUT2D eigenvalue weighted by molar-refractivity contribution is 0.0412. The quantitative estimate of drug-likeness (QED) is 0.839.